The lowest BCUT2D eigenvalue weighted by Gasteiger charge is -2.35. The number of amides is 2. The number of carbonyl (C=O) groups excluding carboxylic acids is 2. The first kappa shape index (κ1) is 16.6. The number of ether oxygens (including phenoxy) is 1. The van der Waals surface area contributed by atoms with Crippen molar-refractivity contribution in [3.63, 3.8) is 0 Å². The molecule has 1 aliphatic heterocycles. The summed E-state index contributed by atoms with van der Waals surface area (Å²) in [4.78, 5) is 27.8. The molecule has 3 rings (SSSR count). The van der Waals surface area contributed by atoms with E-state index in [9.17, 15) is 9.59 Å². The minimum atomic E-state index is -0.562. The van der Waals surface area contributed by atoms with Gasteiger partial charge in [0.1, 0.15) is 12.1 Å². The average molecular weight is 331 g/mol. The summed E-state index contributed by atoms with van der Waals surface area (Å²) in [6.07, 6.45) is 1.88. The van der Waals surface area contributed by atoms with Gasteiger partial charge >= 0.3 is 6.09 Å². The van der Waals surface area contributed by atoms with E-state index in [0.29, 0.717) is 19.0 Å². The molecule has 1 saturated carbocycles. The third-order valence-corrected chi connectivity index (χ3v) is 4.27. The summed E-state index contributed by atoms with van der Waals surface area (Å²) >= 11 is 0. The molecule has 1 aliphatic carbocycles. The molecule has 0 radical (unpaired) electrons. The highest BCUT2D eigenvalue weighted by Crippen LogP contribution is 2.44. The van der Waals surface area contributed by atoms with E-state index in [0.717, 1.165) is 29.8 Å². The van der Waals surface area contributed by atoms with Gasteiger partial charge in [0, 0.05) is 24.5 Å². The summed E-state index contributed by atoms with van der Waals surface area (Å²) in [6.45, 7) is 6.41. The Morgan fingerprint density at radius 3 is 2.54 bits per heavy atom. The molecule has 6 heteroatoms. The van der Waals surface area contributed by atoms with Crippen LogP contribution in [-0.4, -0.2) is 42.1 Å². The van der Waals surface area contributed by atoms with Crippen molar-refractivity contribution < 1.29 is 14.3 Å². The highest BCUT2D eigenvalue weighted by Gasteiger charge is 2.32. The number of anilines is 2. The Kier molecular flexibility index (Phi) is 4.15. The fraction of sp³-hybridized carbons (Fsp3) is 0.556. The largest absolute Gasteiger partial charge is 0.444 e. The Labute approximate surface area is 142 Å². The van der Waals surface area contributed by atoms with Crippen LogP contribution in [0.25, 0.3) is 0 Å². The second-order valence-corrected chi connectivity index (χ2v) is 7.53. The molecule has 6 nitrogen and oxygen atoms in total. The van der Waals surface area contributed by atoms with Gasteiger partial charge in [0.05, 0.1) is 0 Å². The summed E-state index contributed by atoms with van der Waals surface area (Å²) in [5.41, 5.74) is 8.27. The van der Waals surface area contributed by atoms with Crippen molar-refractivity contribution >= 4 is 23.4 Å². The van der Waals surface area contributed by atoms with Crippen LogP contribution in [0.3, 0.4) is 0 Å². The van der Waals surface area contributed by atoms with Crippen molar-refractivity contribution in [3.05, 3.63) is 23.8 Å². The second kappa shape index (κ2) is 6.00. The number of nitrogen functional groups attached to an aromatic ring is 1. The molecular weight excluding hydrogens is 306 g/mol. The Hall–Kier alpha value is -2.24. The van der Waals surface area contributed by atoms with Gasteiger partial charge in [-0.05, 0) is 63.3 Å². The van der Waals surface area contributed by atoms with E-state index in [4.69, 9.17) is 10.5 Å². The Balaban J connectivity index is 1.69. The molecule has 0 spiro atoms. The predicted molar refractivity (Wildman–Crippen MR) is 93.0 cm³/mol. The Morgan fingerprint density at radius 1 is 1.25 bits per heavy atom. The number of hydrogen-bond acceptors (Lipinski definition) is 4. The topological polar surface area (TPSA) is 75.9 Å². The monoisotopic (exact) mass is 331 g/mol. The van der Waals surface area contributed by atoms with E-state index in [-0.39, 0.29) is 12.5 Å². The normalized spacial score (nSPS) is 18.7. The van der Waals surface area contributed by atoms with E-state index in [1.807, 2.05) is 39.0 Å². The average Bonchev–Trinajstić information content (AvgIpc) is 3.31. The Morgan fingerprint density at radius 2 is 1.96 bits per heavy atom. The molecule has 2 fully saturated rings. The fourth-order valence-electron chi connectivity index (χ4n) is 2.91. The maximum atomic E-state index is 12.5. The van der Waals surface area contributed by atoms with Crippen molar-refractivity contribution in [1.82, 2.24) is 4.90 Å². The molecule has 1 heterocycles. The van der Waals surface area contributed by atoms with Gasteiger partial charge in [0.25, 0.3) is 0 Å². The molecule has 24 heavy (non-hydrogen) atoms. The molecule has 1 aromatic carbocycles. The third-order valence-electron chi connectivity index (χ3n) is 4.27. The standard InChI is InChI=1S/C18H25N3O3/c1-18(2,3)24-17(23)20-8-9-21(16(22)11-20)13-6-7-15(19)14(10-13)12-4-5-12/h6-7,10,12H,4-5,8-9,11,19H2,1-3H3. The van der Waals surface area contributed by atoms with E-state index in [1.165, 1.54) is 4.90 Å². The minimum absolute atomic E-state index is 0.0397. The van der Waals surface area contributed by atoms with Crippen molar-refractivity contribution in [2.75, 3.05) is 30.3 Å². The van der Waals surface area contributed by atoms with Crippen LogP contribution in [-0.2, 0) is 9.53 Å². The molecule has 1 aromatic rings. The predicted octanol–water partition coefficient (Wildman–Crippen LogP) is 2.73. The fourth-order valence-corrected chi connectivity index (χ4v) is 2.91. The van der Waals surface area contributed by atoms with Crippen LogP contribution in [0.15, 0.2) is 18.2 Å². The number of hydrogen-bond donors (Lipinski definition) is 1. The van der Waals surface area contributed by atoms with Crippen molar-refractivity contribution in [1.29, 1.82) is 0 Å². The SMILES string of the molecule is CC(C)(C)OC(=O)N1CCN(c2ccc(N)c(C3CC3)c2)C(=O)C1. The molecule has 2 amide bonds. The molecule has 0 aromatic heterocycles. The van der Waals surface area contributed by atoms with Crippen molar-refractivity contribution in [2.45, 2.75) is 45.1 Å². The van der Waals surface area contributed by atoms with Gasteiger partial charge in [-0.25, -0.2) is 4.79 Å². The van der Waals surface area contributed by atoms with Gasteiger partial charge in [-0.2, -0.15) is 0 Å². The van der Waals surface area contributed by atoms with Crippen LogP contribution >= 0.6 is 0 Å². The number of nitrogens with zero attached hydrogens (tertiary/aromatic N) is 2. The minimum Gasteiger partial charge on any atom is -0.444 e. The second-order valence-electron chi connectivity index (χ2n) is 7.53. The third kappa shape index (κ3) is 3.63. The van der Waals surface area contributed by atoms with Crippen LogP contribution in [0.4, 0.5) is 16.2 Å². The van der Waals surface area contributed by atoms with Crippen LogP contribution < -0.4 is 10.6 Å². The molecule has 0 bridgehead atoms. The van der Waals surface area contributed by atoms with Crippen molar-refractivity contribution in [3.8, 4) is 0 Å². The number of carbonyl (C=O) groups is 2. The van der Waals surface area contributed by atoms with Crippen LogP contribution in [0.1, 0.15) is 45.1 Å². The smallest absolute Gasteiger partial charge is 0.410 e. The zero-order chi connectivity index (χ0) is 17.5. The van der Waals surface area contributed by atoms with Gasteiger partial charge in [-0.1, -0.05) is 0 Å². The zero-order valence-corrected chi connectivity index (χ0v) is 14.5. The van der Waals surface area contributed by atoms with E-state index < -0.39 is 11.7 Å². The molecule has 130 valence electrons. The summed E-state index contributed by atoms with van der Waals surface area (Å²) in [7, 11) is 0. The van der Waals surface area contributed by atoms with E-state index in [1.54, 1.807) is 4.90 Å². The number of benzene rings is 1. The van der Waals surface area contributed by atoms with Gasteiger partial charge < -0.3 is 15.4 Å². The van der Waals surface area contributed by atoms with Crippen molar-refractivity contribution in [2.24, 2.45) is 0 Å². The van der Waals surface area contributed by atoms with Gasteiger partial charge in [-0.3, -0.25) is 9.69 Å². The molecule has 2 aliphatic rings. The summed E-state index contributed by atoms with van der Waals surface area (Å²) in [6, 6.07) is 5.77. The quantitative estimate of drug-likeness (QED) is 0.846. The lowest BCUT2D eigenvalue weighted by Crippen LogP contribution is -2.53. The molecule has 1 saturated heterocycles. The highest BCUT2D eigenvalue weighted by atomic mass is 16.6. The first-order chi connectivity index (χ1) is 11.2. The van der Waals surface area contributed by atoms with Gasteiger partial charge in [0.15, 0.2) is 0 Å². The van der Waals surface area contributed by atoms with Crippen LogP contribution in [0.5, 0.6) is 0 Å². The van der Waals surface area contributed by atoms with Crippen LogP contribution in [0, 0.1) is 0 Å². The number of piperazine rings is 1. The van der Waals surface area contributed by atoms with Crippen LogP contribution in [0.2, 0.25) is 0 Å². The molecule has 0 atom stereocenters. The molecule has 2 N–H and O–H groups in total. The maximum absolute atomic E-state index is 12.5. The lowest BCUT2D eigenvalue weighted by molar-refractivity contribution is -0.121. The zero-order valence-electron chi connectivity index (χ0n) is 14.5. The van der Waals surface area contributed by atoms with E-state index in [2.05, 4.69) is 0 Å². The summed E-state index contributed by atoms with van der Waals surface area (Å²) in [5, 5.41) is 0. The van der Waals surface area contributed by atoms with Gasteiger partial charge in [0.2, 0.25) is 5.91 Å². The summed E-state index contributed by atoms with van der Waals surface area (Å²) in [5.74, 6) is 0.432. The first-order valence-electron chi connectivity index (χ1n) is 8.42. The number of rotatable bonds is 2. The maximum Gasteiger partial charge on any atom is 0.410 e. The Bertz CT molecular complexity index is 662. The highest BCUT2D eigenvalue weighted by molar-refractivity contribution is 5.97. The first-order valence-corrected chi connectivity index (χ1v) is 8.42. The van der Waals surface area contributed by atoms with Gasteiger partial charge in [-0.15, -0.1) is 0 Å². The summed E-state index contributed by atoms with van der Waals surface area (Å²) < 4.78 is 5.34. The molecule has 0 unspecified atom stereocenters. The van der Waals surface area contributed by atoms with E-state index >= 15 is 0 Å². The lowest BCUT2D eigenvalue weighted by atomic mass is 10.1. The molecular formula is C18H25N3O3. The number of nitrogens with two attached hydrogens (primary N) is 1.